The van der Waals surface area contributed by atoms with Gasteiger partial charge in [-0.2, -0.15) is 0 Å². The van der Waals surface area contributed by atoms with E-state index < -0.39 is 0 Å². The molecular formula is C10H14ClN. The lowest BCUT2D eigenvalue weighted by molar-refractivity contribution is 0.600. The summed E-state index contributed by atoms with van der Waals surface area (Å²) in [5.74, 6) is 0.664. The van der Waals surface area contributed by atoms with Gasteiger partial charge in [0.2, 0.25) is 0 Å². The molecule has 0 aliphatic rings. The van der Waals surface area contributed by atoms with Crippen LogP contribution in [0.3, 0.4) is 0 Å². The molecule has 12 heavy (non-hydrogen) atoms. The zero-order valence-corrected chi connectivity index (χ0v) is 8.01. The Morgan fingerprint density at radius 2 is 2.00 bits per heavy atom. The molecule has 0 amide bonds. The maximum Gasteiger partial charge on any atom is 0.0348 e. The Bertz CT molecular complexity index is 210. The van der Waals surface area contributed by atoms with Gasteiger partial charge in [0.05, 0.1) is 0 Å². The van der Waals surface area contributed by atoms with Crippen LogP contribution in [0.1, 0.15) is 18.5 Å². The van der Waals surface area contributed by atoms with Crippen molar-refractivity contribution in [3.63, 3.8) is 0 Å². The summed E-state index contributed by atoms with van der Waals surface area (Å²) in [6.07, 6.45) is 0. The fourth-order valence-corrected chi connectivity index (χ4v) is 1.24. The topological polar surface area (TPSA) is 12.0 Å². The van der Waals surface area contributed by atoms with Crippen molar-refractivity contribution in [2.24, 2.45) is 0 Å². The Kier molecular flexibility index (Phi) is 4.12. The summed E-state index contributed by atoms with van der Waals surface area (Å²) in [5, 5.41) is 3.32. The molecule has 66 valence electrons. The van der Waals surface area contributed by atoms with Gasteiger partial charge in [-0.15, -0.1) is 11.6 Å². The molecule has 0 radical (unpaired) electrons. The van der Waals surface area contributed by atoms with Crippen molar-refractivity contribution >= 4 is 11.6 Å². The molecule has 0 saturated heterocycles. The third-order valence-electron chi connectivity index (χ3n) is 1.84. The molecule has 1 aromatic carbocycles. The minimum Gasteiger partial charge on any atom is -0.309 e. The van der Waals surface area contributed by atoms with Crippen LogP contribution in [-0.4, -0.2) is 12.4 Å². The first kappa shape index (κ1) is 9.56. The summed E-state index contributed by atoms with van der Waals surface area (Å²) >= 11 is 5.57. The maximum absolute atomic E-state index is 5.57. The van der Waals surface area contributed by atoms with Crippen molar-refractivity contribution in [2.75, 3.05) is 12.4 Å². The Hall–Kier alpha value is -0.530. The molecular weight excluding hydrogens is 170 g/mol. The van der Waals surface area contributed by atoms with Crippen LogP contribution in [0.25, 0.3) is 0 Å². The quantitative estimate of drug-likeness (QED) is 0.708. The van der Waals surface area contributed by atoms with Gasteiger partial charge in [-0.25, -0.2) is 0 Å². The van der Waals surface area contributed by atoms with Crippen LogP contribution in [0.5, 0.6) is 0 Å². The highest BCUT2D eigenvalue weighted by Crippen LogP contribution is 2.10. The van der Waals surface area contributed by atoms with Crippen LogP contribution < -0.4 is 5.32 Å². The molecule has 1 rings (SSSR count). The van der Waals surface area contributed by atoms with E-state index in [0.717, 1.165) is 6.54 Å². The lowest BCUT2D eigenvalue weighted by Gasteiger charge is -2.12. The van der Waals surface area contributed by atoms with Crippen LogP contribution in [0.4, 0.5) is 0 Å². The summed E-state index contributed by atoms with van der Waals surface area (Å²) < 4.78 is 0. The second-order valence-corrected chi connectivity index (χ2v) is 3.15. The standard InChI is InChI=1S/C10H14ClN/c1-9(12-8-7-11)10-5-3-2-4-6-10/h2-6,9,12H,7-8H2,1H3/t9-/m1/s1. The predicted molar refractivity (Wildman–Crippen MR) is 53.6 cm³/mol. The van der Waals surface area contributed by atoms with Crippen LogP contribution in [0.2, 0.25) is 0 Å². The zero-order valence-electron chi connectivity index (χ0n) is 7.26. The van der Waals surface area contributed by atoms with E-state index in [1.54, 1.807) is 0 Å². The highest BCUT2D eigenvalue weighted by Gasteiger charge is 2.01. The van der Waals surface area contributed by atoms with Crippen molar-refractivity contribution in [1.29, 1.82) is 0 Å². The summed E-state index contributed by atoms with van der Waals surface area (Å²) in [7, 11) is 0. The number of benzene rings is 1. The fourth-order valence-electron chi connectivity index (χ4n) is 1.13. The van der Waals surface area contributed by atoms with Crippen molar-refractivity contribution in [1.82, 2.24) is 5.32 Å². The highest BCUT2D eigenvalue weighted by molar-refractivity contribution is 6.18. The van der Waals surface area contributed by atoms with Gasteiger partial charge in [0.15, 0.2) is 0 Å². The van der Waals surface area contributed by atoms with Gasteiger partial charge >= 0.3 is 0 Å². The van der Waals surface area contributed by atoms with Gasteiger partial charge in [0.25, 0.3) is 0 Å². The van der Waals surface area contributed by atoms with E-state index in [2.05, 4.69) is 24.4 Å². The first-order valence-corrected chi connectivity index (χ1v) is 4.72. The molecule has 0 fully saturated rings. The molecule has 2 heteroatoms. The summed E-state index contributed by atoms with van der Waals surface area (Å²) in [6, 6.07) is 10.8. The Labute approximate surface area is 78.7 Å². The number of nitrogens with one attached hydrogen (secondary N) is 1. The lowest BCUT2D eigenvalue weighted by Crippen LogP contribution is -2.20. The number of rotatable bonds is 4. The predicted octanol–water partition coefficient (Wildman–Crippen LogP) is 2.58. The van der Waals surface area contributed by atoms with E-state index in [4.69, 9.17) is 11.6 Å². The molecule has 0 aliphatic heterocycles. The number of alkyl halides is 1. The minimum atomic E-state index is 0.393. The molecule has 1 aromatic rings. The normalized spacial score (nSPS) is 12.8. The van der Waals surface area contributed by atoms with E-state index in [-0.39, 0.29) is 0 Å². The van der Waals surface area contributed by atoms with E-state index in [0.29, 0.717) is 11.9 Å². The first-order valence-electron chi connectivity index (χ1n) is 4.19. The molecule has 0 unspecified atom stereocenters. The van der Waals surface area contributed by atoms with Gasteiger partial charge in [-0.3, -0.25) is 0 Å². The summed E-state index contributed by atoms with van der Waals surface area (Å²) in [5.41, 5.74) is 1.31. The molecule has 0 aromatic heterocycles. The molecule has 0 bridgehead atoms. The van der Waals surface area contributed by atoms with Crippen LogP contribution >= 0.6 is 11.6 Å². The smallest absolute Gasteiger partial charge is 0.0348 e. The van der Waals surface area contributed by atoms with Crippen molar-refractivity contribution in [3.8, 4) is 0 Å². The SMILES string of the molecule is C[C@@H](NCCCl)c1ccccc1. The highest BCUT2D eigenvalue weighted by atomic mass is 35.5. The van der Waals surface area contributed by atoms with Crippen molar-refractivity contribution in [3.05, 3.63) is 35.9 Å². The fraction of sp³-hybridized carbons (Fsp3) is 0.400. The Morgan fingerprint density at radius 3 is 2.58 bits per heavy atom. The van der Waals surface area contributed by atoms with E-state index >= 15 is 0 Å². The third kappa shape index (κ3) is 2.84. The Morgan fingerprint density at radius 1 is 1.33 bits per heavy atom. The van der Waals surface area contributed by atoms with E-state index in [1.807, 2.05) is 18.2 Å². The van der Waals surface area contributed by atoms with E-state index in [9.17, 15) is 0 Å². The number of halogens is 1. The van der Waals surface area contributed by atoms with Crippen LogP contribution in [0.15, 0.2) is 30.3 Å². The zero-order chi connectivity index (χ0) is 8.81. The minimum absolute atomic E-state index is 0.393. The average Bonchev–Trinajstić information content (AvgIpc) is 2.15. The van der Waals surface area contributed by atoms with Crippen molar-refractivity contribution in [2.45, 2.75) is 13.0 Å². The Balaban J connectivity index is 2.48. The second-order valence-electron chi connectivity index (χ2n) is 2.78. The van der Waals surface area contributed by atoms with Crippen molar-refractivity contribution < 1.29 is 0 Å². The summed E-state index contributed by atoms with van der Waals surface area (Å²) in [6.45, 7) is 3.00. The second kappa shape index (κ2) is 5.18. The van der Waals surface area contributed by atoms with Gasteiger partial charge in [0.1, 0.15) is 0 Å². The molecule has 0 aliphatic carbocycles. The maximum atomic E-state index is 5.57. The summed E-state index contributed by atoms with van der Waals surface area (Å²) in [4.78, 5) is 0. The van der Waals surface area contributed by atoms with Crippen LogP contribution in [-0.2, 0) is 0 Å². The van der Waals surface area contributed by atoms with Gasteiger partial charge in [0, 0.05) is 18.5 Å². The molecule has 0 heterocycles. The molecule has 0 saturated carbocycles. The van der Waals surface area contributed by atoms with Gasteiger partial charge in [-0.1, -0.05) is 30.3 Å². The van der Waals surface area contributed by atoms with Gasteiger partial charge < -0.3 is 5.32 Å². The molecule has 1 nitrogen and oxygen atoms in total. The van der Waals surface area contributed by atoms with Crippen LogP contribution in [0, 0.1) is 0 Å². The molecule has 1 N–H and O–H groups in total. The number of hydrogen-bond acceptors (Lipinski definition) is 1. The van der Waals surface area contributed by atoms with E-state index in [1.165, 1.54) is 5.56 Å². The first-order chi connectivity index (χ1) is 5.84. The van der Waals surface area contributed by atoms with Gasteiger partial charge in [-0.05, 0) is 12.5 Å². The number of hydrogen-bond donors (Lipinski definition) is 1. The molecule has 0 spiro atoms. The lowest BCUT2D eigenvalue weighted by atomic mass is 10.1. The monoisotopic (exact) mass is 183 g/mol. The molecule has 1 atom stereocenters. The average molecular weight is 184 g/mol. The largest absolute Gasteiger partial charge is 0.309 e. The third-order valence-corrected chi connectivity index (χ3v) is 2.03.